The molecule has 1 aromatic heterocycles. The van der Waals surface area contributed by atoms with Gasteiger partial charge in [0.2, 0.25) is 0 Å². The standard InChI is InChI=1S/C13H13N3/c14-11-5-3-8-15-13(11)16-9-7-10-4-1-2-6-12(10)16/h1-6,8H,7,9,14H2. The van der Waals surface area contributed by atoms with Gasteiger partial charge in [-0.25, -0.2) is 4.98 Å². The zero-order valence-corrected chi connectivity index (χ0v) is 8.93. The molecule has 3 rings (SSSR count). The zero-order valence-electron chi connectivity index (χ0n) is 8.93. The van der Waals surface area contributed by atoms with Gasteiger partial charge in [0, 0.05) is 18.4 Å². The van der Waals surface area contributed by atoms with Crippen molar-refractivity contribution in [1.82, 2.24) is 4.98 Å². The van der Waals surface area contributed by atoms with Crippen molar-refractivity contribution in [3.63, 3.8) is 0 Å². The van der Waals surface area contributed by atoms with Crippen molar-refractivity contribution in [3.8, 4) is 0 Å². The van der Waals surface area contributed by atoms with Gasteiger partial charge in [-0.1, -0.05) is 18.2 Å². The average Bonchev–Trinajstić information content (AvgIpc) is 2.74. The number of hydrogen-bond donors (Lipinski definition) is 1. The summed E-state index contributed by atoms with van der Waals surface area (Å²) in [5.74, 6) is 0.868. The molecule has 2 aromatic rings. The van der Waals surface area contributed by atoms with Crippen LogP contribution in [0.1, 0.15) is 5.56 Å². The molecule has 0 radical (unpaired) electrons. The Bertz CT molecular complexity index is 522. The summed E-state index contributed by atoms with van der Waals surface area (Å²) in [5.41, 5.74) is 9.29. The monoisotopic (exact) mass is 211 g/mol. The van der Waals surface area contributed by atoms with E-state index in [0.29, 0.717) is 0 Å². The molecule has 0 atom stereocenters. The van der Waals surface area contributed by atoms with Gasteiger partial charge in [-0.05, 0) is 30.2 Å². The highest BCUT2D eigenvalue weighted by molar-refractivity contribution is 5.74. The van der Waals surface area contributed by atoms with Crippen molar-refractivity contribution in [2.45, 2.75) is 6.42 Å². The van der Waals surface area contributed by atoms with Crippen LogP contribution in [0, 0.1) is 0 Å². The number of anilines is 3. The molecule has 0 saturated carbocycles. The molecule has 1 aromatic carbocycles. The van der Waals surface area contributed by atoms with Crippen LogP contribution in [-0.4, -0.2) is 11.5 Å². The Hall–Kier alpha value is -2.03. The van der Waals surface area contributed by atoms with E-state index in [1.54, 1.807) is 6.20 Å². The minimum absolute atomic E-state index is 0.735. The third-order valence-corrected chi connectivity index (χ3v) is 2.96. The van der Waals surface area contributed by atoms with Crippen molar-refractivity contribution in [1.29, 1.82) is 0 Å². The number of benzene rings is 1. The second-order valence-corrected chi connectivity index (χ2v) is 3.95. The maximum Gasteiger partial charge on any atom is 0.156 e. The first-order valence-corrected chi connectivity index (χ1v) is 5.42. The van der Waals surface area contributed by atoms with E-state index in [1.807, 2.05) is 12.1 Å². The predicted octanol–water partition coefficient (Wildman–Crippen LogP) is 2.36. The Balaban J connectivity index is 2.08. The number of hydrogen-bond acceptors (Lipinski definition) is 3. The molecule has 2 N–H and O–H groups in total. The molecular formula is C13H13N3. The van der Waals surface area contributed by atoms with Gasteiger partial charge >= 0.3 is 0 Å². The number of pyridine rings is 1. The van der Waals surface area contributed by atoms with Crippen molar-refractivity contribution in [3.05, 3.63) is 48.2 Å². The molecule has 0 fully saturated rings. The van der Waals surface area contributed by atoms with Crippen LogP contribution < -0.4 is 10.6 Å². The van der Waals surface area contributed by atoms with Gasteiger partial charge in [0.05, 0.1) is 5.69 Å². The Morgan fingerprint density at radius 1 is 1.12 bits per heavy atom. The summed E-state index contributed by atoms with van der Waals surface area (Å²) in [5, 5.41) is 0. The third kappa shape index (κ3) is 1.33. The number of para-hydroxylation sites is 1. The molecule has 80 valence electrons. The molecule has 0 bridgehead atoms. The van der Waals surface area contributed by atoms with Crippen molar-refractivity contribution < 1.29 is 0 Å². The van der Waals surface area contributed by atoms with E-state index in [0.717, 1.165) is 24.5 Å². The molecular weight excluding hydrogens is 198 g/mol. The van der Waals surface area contributed by atoms with E-state index in [4.69, 9.17) is 5.73 Å². The summed E-state index contributed by atoms with van der Waals surface area (Å²) in [7, 11) is 0. The largest absolute Gasteiger partial charge is 0.396 e. The molecule has 2 heterocycles. The topological polar surface area (TPSA) is 42.1 Å². The van der Waals surface area contributed by atoms with Gasteiger partial charge in [-0.2, -0.15) is 0 Å². The number of rotatable bonds is 1. The lowest BCUT2D eigenvalue weighted by molar-refractivity contribution is 0.976. The molecule has 1 aliphatic rings. The Morgan fingerprint density at radius 3 is 2.88 bits per heavy atom. The Morgan fingerprint density at radius 2 is 2.00 bits per heavy atom. The highest BCUT2D eigenvalue weighted by Gasteiger charge is 2.21. The number of fused-ring (bicyclic) bond motifs is 1. The summed E-state index contributed by atoms with van der Waals surface area (Å²) in [6.45, 7) is 0.959. The third-order valence-electron chi connectivity index (χ3n) is 2.96. The van der Waals surface area contributed by atoms with Crippen LogP contribution in [0.25, 0.3) is 0 Å². The second-order valence-electron chi connectivity index (χ2n) is 3.95. The first-order chi connectivity index (χ1) is 7.86. The molecule has 0 amide bonds. The zero-order chi connectivity index (χ0) is 11.0. The highest BCUT2D eigenvalue weighted by Crippen LogP contribution is 2.35. The molecule has 3 nitrogen and oxygen atoms in total. The summed E-state index contributed by atoms with van der Waals surface area (Å²) in [6, 6.07) is 12.2. The maximum atomic E-state index is 5.95. The lowest BCUT2D eigenvalue weighted by Gasteiger charge is -2.19. The lowest BCUT2D eigenvalue weighted by atomic mass is 10.2. The Kier molecular flexibility index (Phi) is 2.03. The fourth-order valence-corrected chi connectivity index (χ4v) is 2.19. The molecule has 16 heavy (non-hydrogen) atoms. The van der Waals surface area contributed by atoms with Crippen LogP contribution in [0.2, 0.25) is 0 Å². The van der Waals surface area contributed by atoms with Crippen LogP contribution in [-0.2, 0) is 6.42 Å². The molecule has 1 aliphatic heterocycles. The van der Waals surface area contributed by atoms with Gasteiger partial charge < -0.3 is 10.6 Å². The Labute approximate surface area is 94.5 Å². The maximum absolute atomic E-state index is 5.95. The van der Waals surface area contributed by atoms with E-state index < -0.39 is 0 Å². The van der Waals surface area contributed by atoms with Crippen molar-refractivity contribution in [2.75, 3.05) is 17.2 Å². The van der Waals surface area contributed by atoms with E-state index in [1.165, 1.54) is 11.3 Å². The van der Waals surface area contributed by atoms with Crippen LogP contribution in [0.3, 0.4) is 0 Å². The van der Waals surface area contributed by atoms with Gasteiger partial charge in [0.25, 0.3) is 0 Å². The van der Waals surface area contributed by atoms with Gasteiger partial charge in [-0.15, -0.1) is 0 Å². The molecule has 0 aliphatic carbocycles. The molecule has 0 unspecified atom stereocenters. The van der Waals surface area contributed by atoms with E-state index >= 15 is 0 Å². The summed E-state index contributed by atoms with van der Waals surface area (Å²) >= 11 is 0. The minimum atomic E-state index is 0.735. The van der Waals surface area contributed by atoms with Crippen LogP contribution in [0.4, 0.5) is 17.2 Å². The fraction of sp³-hybridized carbons (Fsp3) is 0.154. The lowest BCUT2D eigenvalue weighted by Crippen LogP contribution is -2.16. The quantitative estimate of drug-likeness (QED) is 0.787. The van der Waals surface area contributed by atoms with E-state index in [9.17, 15) is 0 Å². The smallest absolute Gasteiger partial charge is 0.156 e. The second kappa shape index (κ2) is 3.52. The van der Waals surface area contributed by atoms with Crippen LogP contribution in [0.15, 0.2) is 42.6 Å². The molecule has 3 heteroatoms. The average molecular weight is 211 g/mol. The predicted molar refractivity (Wildman–Crippen MR) is 65.8 cm³/mol. The SMILES string of the molecule is Nc1cccnc1N1CCc2ccccc21. The highest BCUT2D eigenvalue weighted by atomic mass is 15.2. The summed E-state index contributed by atoms with van der Waals surface area (Å²) < 4.78 is 0. The number of nitrogens with two attached hydrogens (primary N) is 1. The van der Waals surface area contributed by atoms with Crippen molar-refractivity contribution in [2.24, 2.45) is 0 Å². The minimum Gasteiger partial charge on any atom is -0.396 e. The molecule has 0 spiro atoms. The number of aromatic nitrogens is 1. The van der Waals surface area contributed by atoms with Gasteiger partial charge in [0.1, 0.15) is 0 Å². The number of nitrogens with zero attached hydrogens (tertiary/aromatic N) is 2. The molecule has 0 saturated heterocycles. The summed E-state index contributed by atoms with van der Waals surface area (Å²) in [4.78, 5) is 6.55. The normalized spacial score (nSPS) is 13.9. The van der Waals surface area contributed by atoms with E-state index in [2.05, 4.69) is 34.1 Å². The first kappa shape index (κ1) is 9.21. The van der Waals surface area contributed by atoms with Crippen molar-refractivity contribution >= 4 is 17.2 Å². The van der Waals surface area contributed by atoms with Gasteiger partial charge in [0.15, 0.2) is 5.82 Å². The van der Waals surface area contributed by atoms with Gasteiger partial charge in [-0.3, -0.25) is 0 Å². The number of nitrogen functional groups attached to an aromatic ring is 1. The van der Waals surface area contributed by atoms with E-state index in [-0.39, 0.29) is 0 Å². The first-order valence-electron chi connectivity index (χ1n) is 5.42. The van der Waals surface area contributed by atoms with Crippen LogP contribution in [0.5, 0.6) is 0 Å². The fourth-order valence-electron chi connectivity index (χ4n) is 2.19. The van der Waals surface area contributed by atoms with Crippen LogP contribution >= 0.6 is 0 Å². The summed E-state index contributed by atoms with van der Waals surface area (Å²) in [6.07, 6.45) is 2.85.